The molecule has 5 rings (SSSR count). The molecule has 1 aliphatic rings. The number of fused-ring (bicyclic) bond motifs is 1. The number of nitrogens with one attached hydrogen (secondary N) is 1. The number of halogens is 1. The monoisotopic (exact) mass is 583 g/mol. The molecular formula is C29H23ClN3NaO7. The fourth-order valence-corrected chi connectivity index (χ4v) is 4.46. The van der Waals surface area contributed by atoms with Crippen molar-refractivity contribution in [1.29, 1.82) is 0 Å². The van der Waals surface area contributed by atoms with Gasteiger partial charge in [0.2, 0.25) is 11.8 Å². The quantitative estimate of drug-likeness (QED) is 0.306. The zero-order valence-electron chi connectivity index (χ0n) is 22.5. The van der Waals surface area contributed by atoms with Crippen molar-refractivity contribution in [3.05, 3.63) is 82.9 Å². The molecule has 4 aromatic rings. The number of rotatable bonds is 8. The van der Waals surface area contributed by atoms with Gasteiger partial charge in [0.15, 0.2) is 0 Å². The van der Waals surface area contributed by atoms with Crippen molar-refractivity contribution in [2.75, 3.05) is 26.1 Å². The third-order valence-corrected chi connectivity index (χ3v) is 6.53. The number of aliphatic carboxylic acids is 1. The molecule has 0 radical (unpaired) electrons. The summed E-state index contributed by atoms with van der Waals surface area (Å²) in [5.74, 6) is -0.152. The minimum absolute atomic E-state index is 0. The first-order valence-corrected chi connectivity index (χ1v) is 12.6. The number of carbonyl (C=O) groups excluding carboxylic acids is 2. The number of carbonyl (C=O) groups is 2. The van der Waals surface area contributed by atoms with Crippen LogP contribution in [0.5, 0.6) is 29.0 Å². The Morgan fingerprint density at radius 2 is 1.80 bits per heavy atom. The molecule has 204 valence electrons. The van der Waals surface area contributed by atoms with E-state index in [2.05, 4.69) is 15.3 Å². The summed E-state index contributed by atoms with van der Waals surface area (Å²) in [6.07, 6.45) is 0.308. The molecule has 2 aromatic heterocycles. The van der Waals surface area contributed by atoms with E-state index in [1.807, 2.05) is 0 Å². The third-order valence-electron chi connectivity index (χ3n) is 6.24. The van der Waals surface area contributed by atoms with E-state index >= 15 is 0 Å². The van der Waals surface area contributed by atoms with Crippen LogP contribution >= 0.6 is 11.6 Å². The molecule has 1 amide bonds. The summed E-state index contributed by atoms with van der Waals surface area (Å²) in [4.78, 5) is 33.1. The van der Waals surface area contributed by atoms with Gasteiger partial charge in [-0.15, -0.1) is 0 Å². The zero-order valence-corrected chi connectivity index (χ0v) is 25.2. The van der Waals surface area contributed by atoms with Crippen LogP contribution in [-0.2, 0) is 4.79 Å². The van der Waals surface area contributed by atoms with E-state index in [-0.39, 0.29) is 47.1 Å². The Balaban J connectivity index is 0.00000387. The number of carboxylic acids is 1. The summed E-state index contributed by atoms with van der Waals surface area (Å²) >= 11 is 6.36. The normalized spacial score (nSPS) is 13.6. The summed E-state index contributed by atoms with van der Waals surface area (Å²) in [6.45, 7) is 0.249. The van der Waals surface area contributed by atoms with E-state index in [0.717, 1.165) is 0 Å². The predicted octanol–water partition coefficient (Wildman–Crippen LogP) is 1.48. The van der Waals surface area contributed by atoms with Gasteiger partial charge in [-0.1, -0.05) is 17.7 Å². The first-order valence-electron chi connectivity index (χ1n) is 12.2. The minimum Gasteiger partial charge on any atom is -0.549 e. The summed E-state index contributed by atoms with van der Waals surface area (Å²) in [7, 11) is 3.02. The van der Waals surface area contributed by atoms with Crippen LogP contribution in [0, 0.1) is 0 Å². The molecule has 10 nitrogen and oxygen atoms in total. The average Bonchev–Trinajstić information content (AvgIpc) is 2.97. The molecule has 0 bridgehead atoms. The number of benzene rings is 2. The number of carboxylic acid groups (broad SMARTS) is 1. The van der Waals surface area contributed by atoms with Crippen molar-refractivity contribution in [2.45, 2.75) is 12.3 Å². The fraction of sp³-hybridized carbons (Fsp3) is 0.172. The Morgan fingerprint density at radius 3 is 2.51 bits per heavy atom. The molecule has 0 aliphatic carbocycles. The van der Waals surface area contributed by atoms with Crippen LogP contribution in [0.2, 0.25) is 5.02 Å². The molecule has 0 fully saturated rings. The number of hydrogen-bond donors (Lipinski definition) is 1. The molecule has 1 N–H and O–H groups in total. The van der Waals surface area contributed by atoms with Crippen molar-refractivity contribution < 1.29 is 63.2 Å². The second-order valence-corrected chi connectivity index (χ2v) is 9.14. The molecule has 1 atom stereocenters. The second kappa shape index (κ2) is 13.2. The van der Waals surface area contributed by atoms with Gasteiger partial charge in [-0.3, -0.25) is 4.79 Å². The number of methoxy groups -OCH3 is 2. The molecule has 2 aromatic carbocycles. The summed E-state index contributed by atoms with van der Waals surface area (Å²) in [5, 5.41) is 14.5. The van der Waals surface area contributed by atoms with Crippen molar-refractivity contribution >= 4 is 29.3 Å². The Kier molecular flexibility index (Phi) is 9.72. The molecule has 0 saturated carbocycles. The third kappa shape index (κ3) is 6.74. The molecule has 1 unspecified atom stereocenters. The van der Waals surface area contributed by atoms with E-state index in [4.69, 9.17) is 30.5 Å². The zero-order chi connectivity index (χ0) is 28.2. The molecule has 12 heteroatoms. The van der Waals surface area contributed by atoms with E-state index in [1.54, 1.807) is 60.7 Å². The molecular weight excluding hydrogens is 561 g/mol. The van der Waals surface area contributed by atoms with Gasteiger partial charge in [0.05, 0.1) is 37.1 Å². The van der Waals surface area contributed by atoms with Crippen molar-refractivity contribution in [1.82, 2.24) is 9.97 Å². The van der Waals surface area contributed by atoms with Crippen LogP contribution in [0.4, 0.5) is 5.82 Å². The number of anilines is 1. The Labute approximate surface area is 262 Å². The molecule has 1 aliphatic heterocycles. The van der Waals surface area contributed by atoms with E-state index in [1.165, 1.54) is 20.3 Å². The number of amides is 1. The minimum atomic E-state index is -1.18. The van der Waals surface area contributed by atoms with Gasteiger partial charge >= 0.3 is 29.6 Å². The largest absolute Gasteiger partial charge is 1.00 e. The standard InChI is InChI=1S/C29H24ClN3O7.Na/c1-37-26-11-10-19(28(33-26)38-2)22-4-3-5-25(31-22)32-27(34)16-6-8-17(9-7-16)40-24-15-23-20(14-21(24)30)18(29(35)36)12-13-39-23;/h3-11,14-15,18H,12-13H2,1-2H3,(H,35,36)(H,31,32,34);/q;+1/p-1. The van der Waals surface area contributed by atoms with Crippen LogP contribution in [0.1, 0.15) is 28.3 Å². The van der Waals surface area contributed by atoms with Gasteiger partial charge in [-0.25, -0.2) is 4.98 Å². The number of nitrogens with zero attached hydrogens (tertiary/aromatic N) is 2. The maximum Gasteiger partial charge on any atom is 1.00 e. The van der Waals surface area contributed by atoms with Gasteiger partial charge in [-0.2, -0.15) is 4.98 Å². The smallest absolute Gasteiger partial charge is 0.549 e. The van der Waals surface area contributed by atoms with Gasteiger partial charge in [0, 0.05) is 35.1 Å². The number of pyridine rings is 2. The van der Waals surface area contributed by atoms with Crippen molar-refractivity contribution in [3.63, 3.8) is 0 Å². The molecule has 3 heterocycles. The predicted molar refractivity (Wildman–Crippen MR) is 144 cm³/mol. The van der Waals surface area contributed by atoms with E-state index < -0.39 is 11.9 Å². The van der Waals surface area contributed by atoms with Gasteiger partial charge in [-0.05, 0) is 55.0 Å². The van der Waals surface area contributed by atoms with Crippen molar-refractivity contribution in [3.8, 4) is 40.3 Å². The van der Waals surface area contributed by atoms with Crippen LogP contribution in [0.25, 0.3) is 11.3 Å². The number of aromatic nitrogens is 2. The first-order chi connectivity index (χ1) is 19.4. The van der Waals surface area contributed by atoms with E-state index in [0.29, 0.717) is 63.6 Å². The van der Waals surface area contributed by atoms with Gasteiger partial charge < -0.3 is 34.2 Å². The van der Waals surface area contributed by atoms with Crippen LogP contribution in [0.15, 0.2) is 66.7 Å². The summed E-state index contributed by atoms with van der Waals surface area (Å²) in [5.41, 5.74) is 2.03. The Bertz CT molecular complexity index is 1580. The topological polar surface area (TPSA) is 132 Å². The van der Waals surface area contributed by atoms with Crippen LogP contribution < -0.4 is 58.9 Å². The number of ether oxygens (including phenoxy) is 4. The molecule has 41 heavy (non-hydrogen) atoms. The molecule has 0 saturated heterocycles. The number of hydrogen-bond acceptors (Lipinski definition) is 9. The Morgan fingerprint density at radius 1 is 1.02 bits per heavy atom. The fourth-order valence-electron chi connectivity index (χ4n) is 4.24. The van der Waals surface area contributed by atoms with Crippen LogP contribution in [-0.4, -0.2) is 42.7 Å². The van der Waals surface area contributed by atoms with Gasteiger partial charge in [0.1, 0.15) is 23.1 Å². The second-order valence-electron chi connectivity index (χ2n) is 8.73. The van der Waals surface area contributed by atoms with E-state index in [9.17, 15) is 14.7 Å². The summed E-state index contributed by atoms with van der Waals surface area (Å²) in [6, 6.07) is 18.2. The average molecular weight is 584 g/mol. The van der Waals surface area contributed by atoms with Crippen LogP contribution in [0.3, 0.4) is 0 Å². The SMILES string of the molecule is COc1ccc(-c2cccc(NC(=O)c3ccc(Oc4cc5c(cc4Cl)C(C(=O)[O-])CCO5)cc3)n2)c(OC)n1.[Na+]. The Hall–Kier alpha value is -3.83. The van der Waals surface area contributed by atoms with Crippen molar-refractivity contribution in [2.24, 2.45) is 0 Å². The summed E-state index contributed by atoms with van der Waals surface area (Å²) < 4.78 is 22.0. The van der Waals surface area contributed by atoms with Gasteiger partial charge in [0.25, 0.3) is 5.91 Å². The maximum absolute atomic E-state index is 12.9. The maximum atomic E-state index is 12.9. The first kappa shape index (κ1) is 30.1. The molecule has 0 spiro atoms.